The molecule has 1 atom stereocenters. The summed E-state index contributed by atoms with van der Waals surface area (Å²) in [6, 6.07) is 3.09. The monoisotopic (exact) mass is 283 g/mol. The van der Waals surface area contributed by atoms with E-state index >= 15 is 0 Å². The van der Waals surface area contributed by atoms with Gasteiger partial charge in [0, 0.05) is 18.2 Å². The molecule has 0 saturated carbocycles. The van der Waals surface area contributed by atoms with E-state index in [9.17, 15) is 22.0 Å². The molecule has 1 N–H and O–H groups in total. The van der Waals surface area contributed by atoms with Gasteiger partial charge in [0.25, 0.3) is 0 Å². The molecule has 0 fully saturated rings. The second-order valence-corrected chi connectivity index (χ2v) is 3.94. The van der Waals surface area contributed by atoms with Gasteiger partial charge in [-0.25, -0.2) is 8.78 Å². The van der Waals surface area contributed by atoms with Crippen molar-refractivity contribution in [2.45, 2.75) is 18.6 Å². The number of rotatable bonds is 6. The van der Waals surface area contributed by atoms with Crippen LogP contribution in [0.5, 0.6) is 0 Å². The third-order valence-electron chi connectivity index (χ3n) is 2.52. The van der Waals surface area contributed by atoms with Crippen LogP contribution in [-0.2, 0) is 4.74 Å². The van der Waals surface area contributed by atoms with E-state index in [1.807, 2.05) is 0 Å². The summed E-state index contributed by atoms with van der Waals surface area (Å²) in [6.45, 7) is -1.56. The predicted octanol–water partition coefficient (Wildman–Crippen LogP) is 3.19. The van der Waals surface area contributed by atoms with Gasteiger partial charge in [0.05, 0.1) is 0 Å². The Morgan fingerprint density at radius 2 is 1.95 bits per heavy atom. The molecule has 0 radical (unpaired) electrons. The van der Waals surface area contributed by atoms with E-state index in [0.717, 1.165) is 6.07 Å². The molecule has 1 aromatic rings. The Morgan fingerprint density at radius 1 is 1.26 bits per heavy atom. The second-order valence-electron chi connectivity index (χ2n) is 3.94. The standard InChI is InChI=1S/C12H14F5NO/c1-18-10(5-6-19-7-12(15,16)17)8-3-2-4-9(13)11(8)14/h2-4,10,18H,5-7H2,1H3. The van der Waals surface area contributed by atoms with Crippen LogP contribution in [-0.4, -0.2) is 26.4 Å². The number of nitrogens with one attached hydrogen (secondary N) is 1. The highest BCUT2D eigenvalue weighted by Gasteiger charge is 2.27. The van der Waals surface area contributed by atoms with E-state index in [0.29, 0.717) is 0 Å². The fraction of sp³-hybridized carbons (Fsp3) is 0.500. The van der Waals surface area contributed by atoms with Gasteiger partial charge >= 0.3 is 6.18 Å². The molecular formula is C12H14F5NO. The summed E-state index contributed by atoms with van der Waals surface area (Å²) < 4.78 is 66.5. The quantitative estimate of drug-likeness (QED) is 0.639. The molecule has 0 heterocycles. The topological polar surface area (TPSA) is 21.3 Å². The second kappa shape index (κ2) is 6.81. The maximum absolute atomic E-state index is 13.5. The van der Waals surface area contributed by atoms with Gasteiger partial charge in [-0.3, -0.25) is 0 Å². The first-order valence-corrected chi connectivity index (χ1v) is 5.61. The number of ether oxygens (including phenoxy) is 1. The number of alkyl halides is 3. The Bertz CT molecular complexity index is 408. The van der Waals surface area contributed by atoms with E-state index in [1.54, 1.807) is 0 Å². The molecule has 1 rings (SSSR count). The molecule has 0 bridgehead atoms. The third kappa shape index (κ3) is 5.12. The molecule has 1 unspecified atom stereocenters. The molecule has 0 aromatic heterocycles. The van der Waals surface area contributed by atoms with E-state index in [-0.39, 0.29) is 18.6 Å². The van der Waals surface area contributed by atoms with Gasteiger partial charge in [0.15, 0.2) is 11.6 Å². The molecule has 2 nitrogen and oxygen atoms in total. The van der Waals surface area contributed by atoms with Gasteiger partial charge < -0.3 is 10.1 Å². The Balaban J connectivity index is 2.56. The summed E-state index contributed by atoms with van der Waals surface area (Å²) in [4.78, 5) is 0. The summed E-state index contributed by atoms with van der Waals surface area (Å²) in [6.07, 6.45) is -4.29. The summed E-state index contributed by atoms with van der Waals surface area (Å²) in [5, 5.41) is 2.72. The van der Waals surface area contributed by atoms with Gasteiger partial charge in [-0.1, -0.05) is 12.1 Å². The van der Waals surface area contributed by atoms with Gasteiger partial charge in [-0.05, 0) is 19.5 Å². The molecule has 0 aliphatic carbocycles. The first-order chi connectivity index (χ1) is 8.85. The molecule has 1 aromatic carbocycles. The smallest absolute Gasteiger partial charge is 0.372 e. The zero-order valence-corrected chi connectivity index (χ0v) is 10.2. The molecule has 7 heteroatoms. The molecule has 0 aliphatic heterocycles. The average Bonchev–Trinajstić information content (AvgIpc) is 2.32. The van der Waals surface area contributed by atoms with Crippen molar-refractivity contribution < 1.29 is 26.7 Å². The lowest BCUT2D eigenvalue weighted by molar-refractivity contribution is -0.174. The Morgan fingerprint density at radius 3 is 2.53 bits per heavy atom. The molecule has 0 saturated heterocycles. The number of hydrogen-bond acceptors (Lipinski definition) is 2. The van der Waals surface area contributed by atoms with Crippen molar-refractivity contribution >= 4 is 0 Å². The van der Waals surface area contributed by atoms with Crippen LogP contribution in [0.4, 0.5) is 22.0 Å². The zero-order valence-electron chi connectivity index (χ0n) is 10.2. The number of hydrogen-bond donors (Lipinski definition) is 1. The average molecular weight is 283 g/mol. The summed E-state index contributed by atoms with van der Waals surface area (Å²) in [5.41, 5.74) is 0.0677. The van der Waals surface area contributed by atoms with Crippen LogP contribution < -0.4 is 5.32 Å². The summed E-state index contributed by atoms with van der Waals surface area (Å²) >= 11 is 0. The highest BCUT2D eigenvalue weighted by Crippen LogP contribution is 2.22. The predicted molar refractivity (Wildman–Crippen MR) is 59.6 cm³/mol. The van der Waals surface area contributed by atoms with E-state index in [2.05, 4.69) is 10.1 Å². The first kappa shape index (κ1) is 15.8. The molecule has 19 heavy (non-hydrogen) atoms. The molecular weight excluding hydrogens is 269 g/mol. The largest absolute Gasteiger partial charge is 0.411 e. The van der Waals surface area contributed by atoms with Crippen molar-refractivity contribution in [3.05, 3.63) is 35.4 Å². The van der Waals surface area contributed by atoms with Crippen LogP contribution in [0.25, 0.3) is 0 Å². The number of benzene rings is 1. The Kier molecular flexibility index (Phi) is 5.68. The number of halogens is 5. The maximum atomic E-state index is 13.5. The minimum atomic E-state index is -4.39. The van der Waals surface area contributed by atoms with Crippen molar-refractivity contribution in [2.24, 2.45) is 0 Å². The van der Waals surface area contributed by atoms with Crippen molar-refractivity contribution in [1.29, 1.82) is 0 Å². The van der Waals surface area contributed by atoms with Crippen molar-refractivity contribution in [3.8, 4) is 0 Å². The van der Waals surface area contributed by atoms with Crippen LogP contribution in [0.1, 0.15) is 18.0 Å². The third-order valence-corrected chi connectivity index (χ3v) is 2.52. The van der Waals surface area contributed by atoms with Crippen molar-refractivity contribution in [1.82, 2.24) is 5.32 Å². The van der Waals surface area contributed by atoms with Crippen LogP contribution in [0.2, 0.25) is 0 Å². The normalized spacial score (nSPS) is 13.6. The van der Waals surface area contributed by atoms with Crippen LogP contribution in [0.3, 0.4) is 0 Å². The molecule has 0 amide bonds. The van der Waals surface area contributed by atoms with Gasteiger partial charge in [-0.15, -0.1) is 0 Å². The minimum Gasteiger partial charge on any atom is -0.372 e. The fourth-order valence-electron chi connectivity index (χ4n) is 1.63. The highest BCUT2D eigenvalue weighted by atomic mass is 19.4. The van der Waals surface area contributed by atoms with E-state index in [1.165, 1.54) is 19.2 Å². The summed E-state index contributed by atoms with van der Waals surface area (Å²) in [7, 11) is 1.51. The van der Waals surface area contributed by atoms with Gasteiger partial charge in [0.1, 0.15) is 6.61 Å². The Hall–Kier alpha value is -1.21. The van der Waals surface area contributed by atoms with Crippen LogP contribution in [0.15, 0.2) is 18.2 Å². The molecule has 108 valence electrons. The SMILES string of the molecule is CNC(CCOCC(F)(F)F)c1cccc(F)c1F. The van der Waals surface area contributed by atoms with E-state index < -0.39 is 30.5 Å². The summed E-state index contributed by atoms with van der Waals surface area (Å²) in [5.74, 6) is -1.99. The van der Waals surface area contributed by atoms with Gasteiger partial charge in [-0.2, -0.15) is 13.2 Å². The lowest BCUT2D eigenvalue weighted by Gasteiger charge is -2.18. The molecule has 0 aliphatic rings. The van der Waals surface area contributed by atoms with Crippen LogP contribution >= 0.6 is 0 Å². The Labute approximate surface area is 107 Å². The van der Waals surface area contributed by atoms with Crippen molar-refractivity contribution in [2.75, 3.05) is 20.3 Å². The lowest BCUT2D eigenvalue weighted by Crippen LogP contribution is -2.22. The zero-order chi connectivity index (χ0) is 14.5. The highest BCUT2D eigenvalue weighted by molar-refractivity contribution is 5.22. The maximum Gasteiger partial charge on any atom is 0.411 e. The lowest BCUT2D eigenvalue weighted by atomic mass is 10.0. The molecule has 0 spiro atoms. The van der Waals surface area contributed by atoms with Crippen molar-refractivity contribution in [3.63, 3.8) is 0 Å². The van der Waals surface area contributed by atoms with Crippen LogP contribution in [0, 0.1) is 11.6 Å². The first-order valence-electron chi connectivity index (χ1n) is 5.61. The fourth-order valence-corrected chi connectivity index (χ4v) is 1.63. The minimum absolute atomic E-state index is 0.0677. The van der Waals surface area contributed by atoms with Gasteiger partial charge in [0.2, 0.25) is 0 Å². The van der Waals surface area contributed by atoms with E-state index in [4.69, 9.17) is 0 Å².